The van der Waals surface area contributed by atoms with Crippen molar-refractivity contribution in [1.29, 1.82) is 0 Å². The van der Waals surface area contributed by atoms with Crippen LogP contribution in [0.5, 0.6) is 5.75 Å². The number of benzene rings is 3. The molecule has 0 spiro atoms. The normalized spacial score (nSPS) is 13.8. The number of fused-ring (bicyclic) bond motifs is 1. The van der Waals surface area contributed by atoms with E-state index in [1.165, 1.54) is 11.1 Å². The molecule has 3 aromatic carbocycles. The molecule has 1 amide bonds. The summed E-state index contributed by atoms with van der Waals surface area (Å²) >= 11 is 1.82. The summed E-state index contributed by atoms with van der Waals surface area (Å²) in [4.78, 5) is 25.9. The van der Waals surface area contributed by atoms with Crippen LogP contribution in [0.1, 0.15) is 36.5 Å². The first-order chi connectivity index (χ1) is 16.5. The van der Waals surface area contributed by atoms with Crippen LogP contribution in [0.2, 0.25) is 0 Å². The summed E-state index contributed by atoms with van der Waals surface area (Å²) < 4.78 is 5.28. The van der Waals surface area contributed by atoms with Crippen LogP contribution in [0, 0.1) is 0 Å². The molecule has 3 aromatic rings. The lowest BCUT2D eigenvalue weighted by Gasteiger charge is -2.32. The van der Waals surface area contributed by atoms with Crippen LogP contribution in [0.15, 0.2) is 78.9 Å². The number of carbonyl (C=O) groups is 2. The van der Waals surface area contributed by atoms with E-state index in [1.807, 2.05) is 40.9 Å². The fourth-order valence-corrected chi connectivity index (χ4v) is 5.74. The molecule has 0 saturated carbocycles. The molecule has 1 aliphatic rings. The Morgan fingerprint density at radius 2 is 1.62 bits per heavy atom. The summed E-state index contributed by atoms with van der Waals surface area (Å²) in [6.07, 6.45) is 1.87. The number of anilines is 1. The quantitative estimate of drug-likeness (QED) is 0.442. The zero-order chi connectivity index (χ0) is 24.0. The Morgan fingerprint density at radius 1 is 0.971 bits per heavy atom. The minimum absolute atomic E-state index is 0.0934. The van der Waals surface area contributed by atoms with Crippen molar-refractivity contribution >= 4 is 29.3 Å². The highest BCUT2D eigenvalue weighted by Gasteiger charge is 2.31. The molecule has 0 atom stereocenters. The molecule has 6 heteroatoms. The van der Waals surface area contributed by atoms with E-state index in [-0.39, 0.29) is 10.7 Å². The van der Waals surface area contributed by atoms with Gasteiger partial charge in [-0.05, 0) is 43.0 Å². The lowest BCUT2D eigenvalue weighted by atomic mass is 9.92. The van der Waals surface area contributed by atoms with Crippen LogP contribution in [0.3, 0.4) is 0 Å². The van der Waals surface area contributed by atoms with Crippen molar-refractivity contribution in [2.24, 2.45) is 0 Å². The van der Waals surface area contributed by atoms with Crippen LogP contribution < -0.4 is 9.64 Å². The predicted molar refractivity (Wildman–Crippen MR) is 137 cm³/mol. The van der Waals surface area contributed by atoms with E-state index in [1.54, 1.807) is 6.07 Å². The number of ether oxygens (including phenoxy) is 1. The molecular weight excluding hydrogens is 446 g/mol. The molecule has 0 aliphatic carbocycles. The van der Waals surface area contributed by atoms with Gasteiger partial charge < -0.3 is 14.7 Å². The first-order valence-corrected chi connectivity index (χ1v) is 12.5. The van der Waals surface area contributed by atoms with E-state index in [0.717, 1.165) is 17.0 Å². The number of carboxylic acid groups (broad SMARTS) is 1. The molecule has 0 fully saturated rings. The van der Waals surface area contributed by atoms with Crippen LogP contribution >= 0.6 is 11.8 Å². The van der Waals surface area contributed by atoms with Crippen molar-refractivity contribution in [3.63, 3.8) is 0 Å². The smallest absolute Gasteiger partial charge is 0.341 e. The standard InChI is InChI=1S/C28H29NO4S/c1-28(21-10-4-2-5-11-21,22-12-6-3-7-13-22)34-19-18-29-24-15-9-16-25(33-20-27(31)32)23(24)14-8-17-26(29)30/h2-7,9-13,15-16H,8,14,17-20H2,1H3,(H,31,32). The van der Waals surface area contributed by atoms with E-state index in [0.29, 0.717) is 31.6 Å². The van der Waals surface area contributed by atoms with Crippen molar-refractivity contribution in [2.45, 2.75) is 30.9 Å². The van der Waals surface area contributed by atoms with Crippen molar-refractivity contribution in [1.82, 2.24) is 0 Å². The number of carboxylic acids is 1. The highest BCUT2D eigenvalue weighted by molar-refractivity contribution is 8.00. The van der Waals surface area contributed by atoms with Gasteiger partial charge in [0.2, 0.25) is 5.91 Å². The molecular formula is C28H29NO4S. The average Bonchev–Trinajstić information content (AvgIpc) is 3.02. The van der Waals surface area contributed by atoms with E-state index in [9.17, 15) is 9.59 Å². The molecule has 5 nitrogen and oxygen atoms in total. The molecule has 1 N–H and O–H groups in total. The second-order valence-electron chi connectivity index (χ2n) is 8.45. The summed E-state index contributed by atoms with van der Waals surface area (Å²) in [6, 6.07) is 26.4. The first kappa shape index (κ1) is 23.9. The molecule has 1 heterocycles. The van der Waals surface area contributed by atoms with E-state index in [4.69, 9.17) is 9.84 Å². The van der Waals surface area contributed by atoms with Gasteiger partial charge in [0.15, 0.2) is 6.61 Å². The third-order valence-corrected chi connectivity index (χ3v) is 7.66. The van der Waals surface area contributed by atoms with Crippen molar-refractivity contribution in [3.8, 4) is 5.75 Å². The molecule has 0 bridgehead atoms. The van der Waals surface area contributed by atoms with Crippen molar-refractivity contribution in [3.05, 3.63) is 95.6 Å². The number of rotatable bonds is 9. The summed E-state index contributed by atoms with van der Waals surface area (Å²) in [5.74, 6) is 0.365. The SMILES string of the molecule is CC(SCCN1C(=O)CCCc2c(OCC(=O)O)cccc21)(c1ccccc1)c1ccccc1. The molecule has 176 valence electrons. The number of carbonyl (C=O) groups excluding carboxylic acids is 1. The van der Waals surface area contributed by atoms with E-state index >= 15 is 0 Å². The third-order valence-electron chi connectivity index (χ3n) is 6.22. The van der Waals surface area contributed by atoms with Crippen molar-refractivity contribution < 1.29 is 19.4 Å². The van der Waals surface area contributed by atoms with Gasteiger partial charge in [0.25, 0.3) is 0 Å². The van der Waals surface area contributed by atoms with Gasteiger partial charge in [-0.1, -0.05) is 66.7 Å². The summed E-state index contributed by atoms with van der Waals surface area (Å²) in [7, 11) is 0. The predicted octanol–water partition coefficient (Wildman–Crippen LogP) is 5.52. The lowest BCUT2D eigenvalue weighted by Crippen LogP contribution is -2.33. The number of hydrogen-bond acceptors (Lipinski definition) is 4. The maximum Gasteiger partial charge on any atom is 0.341 e. The Bertz CT molecular complexity index is 1090. The molecule has 4 rings (SSSR count). The van der Waals surface area contributed by atoms with E-state index in [2.05, 4.69) is 55.5 Å². The van der Waals surface area contributed by atoms with Gasteiger partial charge in [0.1, 0.15) is 5.75 Å². The Balaban J connectivity index is 1.57. The minimum atomic E-state index is -1.02. The van der Waals surface area contributed by atoms with Gasteiger partial charge in [-0.25, -0.2) is 4.79 Å². The Hall–Kier alpha value is -3.25. The first-order valence-electron chi connectivity index (χ1n) is 11.5. The summed E-state index contributed by atoms with van der Waals surface area (Å²) in [6.45, 7) is 2.40. The maximum atomic E-state index is 13.0. The Labute approximate surface area is 204 Å². The fourth-order valence-electron chi connectivity index (χ4n) is 4.45. The van der Waals surface area contributed by atoms with Gasteiger partial charge in [-0.3, -0.25) is 4.79 Å². The second-order valence-corrected chi connectivity index (χ2v) is 9.96. The molecule has 0 radical (unpaired) electrons. The summed E-state index contributed by atoms with van der Waals surface area (Å²) in [5, 5.41) is 9.02. The molecule has 0 saturated heterocycles. The minimum Gasteiger partial charge on any atom is -0.482 e. The van der Waals surface area contributed by atoms with Crippen LogP contribution in [-0.2, 0) is 20.8 Å². The van der Waals surface area contributed by atoms with E-state index < -0.39 is 12.6 Å². The monoisotopic (exact) mass is 475 g/mol. The second kappa shape index (κ2) is 10.8. The number of hydrogen-bond donors (Lipinski definition) is 1. The number of amides is 1. The maximum absolute atomic E-state index is 13.0. The number of aliphatic carboxylic acids is 1. The largest absolute Gasteiger partial charge is 0.482 e. The zero-order valence-electron chi connectivity index (χ0n) is 19.3. The van der Waals surface area contributed by atoms with Crippen molar-refractivity contribution in [2.75, 3.05) is 23.8 Å². The van der Waals surface area contributed by atoms with Crippen LogP contribution in [-0.4, -0.2) is 35.9 Å². The fraction of sp³-hybridized carbons (Fsp3) is 0.286. The topological polar surface area (TPSA) is 66.8 Å². The molecule has 34 heavy (non-hydrogen) atoms. The van der Waals surface area contributed by atoms with Gasteiger partial charge >= 0.3 is 5.97 Å². The van der Waals surface area contributed by atoms with Gasteiger partial charge in [0.05, 0.1) is 10.4 Å². The lowest BCUT2D eigenvalue weighted by molar-refractivity contribution is -0.139. The summed E-state index contributed by atoms with van der Waals surface area (Å²) in [5.41, 5.74) is 4.18. The Kier molecular flexibility index (Phi) is 7.58. The van der Waals surface area contributed by atoms with Crippen LogP contribution in [0.4, 0.5) is 5.69 Å². The van der Waals surface area contributed by atoms with Gasteiger partial charge in [0, 0.05) is 24.3 Å². The highest BCUT2D eigenvalue weighted by Crippen LogP contribution is 2.43. The Morgan fingerprint density at radius 3 is 2.24 bits per heavy atom. The molecule has 0 aromatic heterocycles. The average molecular weight is 476 g/mol. The zero-order valence-corrected chi connectivity index (χ0v) is 20.1. The van der Waals surface area contributed by atoms with Gasteiger partial charge in [-0.2, -0.15) is 0 Å². The highest BCUT2D eigenvalue weighted by atomic mass is 32.2. The molecule has 0 unspecified atom stereocenters. The van der Waals surface area contributed by atoms with Gasteiger partial charge in [-0.15, -0.1) is 11.8 Å². The third kappa shape index (κ3) is 5.28. The number of thioether (sulfide) groups is 1. The van der Waals surface area contributed by atoms with Crippen LogP contribution in [0.25, 0.3) is 0 Å². The molecule has 1 aliphatic heterocycles. The number of nitrogens with zero attached hydrogens (tertiary/aromatic N) is 1.